The van der Waals surface area contributed by atoms with E-state index in [1.54, 1.807) is 36.2 Å². The van der Waals surface area contributed by atoms with Crippen LogP contribution < -0.4 is 16.4 Å². The van der Waals surface area contributed by atoms with E-state index in [0.29, 0.717) is 16.9 Å². The van der Waals surface area contributed by atoms with Crippen molar-refractivity contribution in [3.8, 4) is 11.5 Å². The summed E-state index contributed by atoms with van der Waals surface area (Å²) in [5.74, 6) is 0.198. The first-order chi connectivity index (χ1) is 16.1. The number of para-hydroxylation sites is 1. The summed E-state index contributed by atoms with van der Waals surface area (Å²) in [4.78, 5) is 14.0. The topological polar surface area (TPSA) is 128 Å². The molecular formula is C22H22F3N7O2. The number of anilines is 1. The highest BCUT2D eigenvalue weighted by molar-refractivity contribution is 6.02. The average Bonchev–Trinajstić information content (AvgIpc) is 3.29. The number of halogens is 3. The Morgan fingerprint density at radius 1 is 1.09 bits per heavy atom. The summed E-state index contributed by atoms with van der Waals surface area (Å²) < 4.78 is 46.3. The molecule has 0 bridgehead atoms. The van der Waals surface area contributed by atoms with Crippen molar-refractivity contribution in [1.29, 1.82) is 0 Å². The Labute approximate surface area is 193 Å². The lowest BCUT2D eigenvalue weighted by Crippen LogP contribution is -2.22. The van der Waals surface area contributed by atoms with Crippen LogP contribution in [0.15, 0.2) is 81.5 Å². The smallest absolute Gasteiger partial charge is 0.380 e. The zero-order valence-electron chi connectivity index (χ0n) is 18.2. The van der Waals surface area contributed by atoms with Gasteiger partial charge in [-0.15, -0.1) is 0 Å². The van der Waals surface area contributed by atoms with Crippen LogP contribution in [0.25, 0.3) is 11.5 Å². The van der Waals surface area contributed by atoms with Crippen LogP contribution in [0.4, 0.5) is 18.9 Å². The number of hydrogen-bond acceptors (Lipinski definition) is 6. The molecule has 0 saturated heterocycles. The van der Waals surface area contributed by atoms with E-state index in [1.807, 2.05) is 30.3 Å². The second kappa shape index (κ2) is 10.6. The highest BCUT2D eigenvalue weighted by Gasteiger charge is 2.27. The number of benzene rings is 2. The number of hydrogen-bond donors (Lipinski definition) is 2. The van der Waals surface area contributed by atoms with Gasteiger partial charge < -0.3 is 25.6 Å². The Bertz CT molecular complexity index is 1170. The summed E-state index contributed by atoms with van der Waals surface area (Å²) in [5, 5.41) is 3.77. The highest BCUT2D eigenvalue weighted by Crippen LogP contribution is 2.20. The van der Waals surface area contributed by atoms with Crippen molar-refractivity contribution in [3.05, 3.63) is 78.4 Å². The Hall–Kier alpha value is -4.19. The number of guanidine groups is 1. The highest BCUT2D eigenvalue weighted by atomic mass is 19.4. The predicted molar refractivity (Wildman–Crippen MR) is 122 cm³/mol. The van der Waals surface area contributed by atoms with Gasteiger partial charge in [-0.1, -0.05) is 42.1 Å². The quantitative estimate of drug-likeness (QED) is 0.379. The van der Waals surface area contributed by atoms with E-state index >= 15 is 0 Å². The second-order valence-corrected chi connectivity index (χ2v) is 7.01. The third-order valence-corrected chi connectivity index (χ3v) is 4.40. The van der Waals surface area contributed by atoms with Gasteiger partial charge in [0.25, 0.3) is 5.89 Å². The molecule has 0 aliphatic rings. The van der Waals surface area contributed by atoms with Crippen LogP contribution in [0.2, 0.25) is 0 Å². The minimum Gasteiger partial charge on any atom is -0.380 e. The summed E-state index contributed by atoms with van der Waals surface area (Å²) in [6.45, 7) is 2.37. The lowest BCUT2D eigenvalue weighted by atomic mass is 10.1. The van der Waals surface area contributed by atoms with Crippen molar-refractivity contribution in [1.82, 2.24) is 10.1 Å². The van der Waals surface area contributed by atoms with Crippen LogP contribution in [0.3, 0.4) is 0 Å². The first-order valence-electron chi connectivity index (χ1n) is 9.86. The predicted octanol–water partition coefficient (Wildman–Crippen LogP) is 3.44. The number of ether oxygens (including phenoxy) is 1. The molecule has 0 saturated carbocycles. The second-order valence-electron chi connectivity index (χ2n) is 7.01. The normalized spacial score (nSPS) is 12.6. The minimum absolute atomic E-state index is 0.00670. The number of nitrogens with two attached hydrogens (primary N) is 2. The molecule has 1 heterocycles. The third kappa shape index (κ3) is 6.90. The maximum atomic E-state index is 12.2. The Morgan fingerprint density at radius 2 is 1.76 bits per heavy atom. The van der Waals surface area contributed by atoms with E-state index in [1.165, 1.54) is 0 Å². The van der Waals surface area contributed by atoms with Crippen LogP contribution in [0.1, 0.15) is 11.4 Å². The van der Waals surface area contributed by atoms with Crippen molar-refractivity contribution in [2.75, 3.05) is 18.6 Å². The van der Waals surface area contributed by atoms with Gasteiger partial charge in [0.15, 0.2) is 5.84 Å². The molecule has 34 heavy (non-hydrogen) atoms. The van der Waals surface area contributed by atoms with Gasteiger partial charge in [-0.05, 0) is 29.8 Å². The number of aromatic nitrogens is 2. The standard InChI is InChI=1S/C22H22F3N7O2/c1-14(32(2)17-6-4-3-5-7-17)28-21(27)29-18(26)19-30-20(34-31-19)16-10-8-15(9-11-16)12-33-13-22(23,24)25/h3-11H,1,12-13H2,2H3,(H4,26,27,28,29). The Balaban J connectivity index is 1.64. The van der Waals surface area contributed by atoms with Crippen LogP contribution in [-0.4, -0.2) is 41.8 Å². The molecule has 1 aromatic heterocycles. The van der Waals surface area contributed by atoms with Gasteiger partial charge in [0.1, 0.15) is 12.4 Å². The van der Waals surface area contributed by atoms with Gasteiger partial charge in [-0.25, -0.2) is 0 Å². The molecule has 0 radical (unpaired) electrons. The van der Waals surface area contributed by atoms with Gasteiger partial charge in [0.05, 0.1) is 6.61 Å². The maximum Gasteiger partial charge on any atom is 0.411 e. The molecule has 4 N–H and O–H groups in total. The molecule has 0 atom stereocenters. The molecule has 3 aromatic rings. The largest absolute Gasteiger partial charge is 0.411 e. The van der Waals surface area contributed by atoms with E-state index in [9.17, 15) is 13.2 Å². The monoisotopic (exact) mass is 473 g/mol. The van der Waals surface area contributed by atoms with Crippen molar-refractivity contribution < 1.29 is 22.4 Å². The van der Waals surface area contributed by atoms with Crippen LogP contribution >= 0.6 is 0 Å². The fraction of sp³-hybridized carbons (Fsp3) is 0.182. The molecule has 0 spiro atoms. The molecule has 0 aliphatic heterocycles. The minimum atomic E-state index is -4.37. The fourth-order valence-corrected chi connectivity index (χ4v) is 2.68. The summed E-state index contributed by atoms with van der Waals surface area (Å²) in [5.41, 5.74) is 13.7. The number of nitrogens with zero attached hydrogens (tertiary/aromatic N) is 5. The van der Waals surface area contributed by atoms with Gasteiger partial charge in [0.2, 0.25) is 11.8 Å². The summed E-state index contributed by atoms with van der Waals surface area (Å²) >= 11 is 0. The van der Waals surface area contributed by atoms with Crippen LogP contribution in [-0.2, 0) is 11.3 Å². The first-order valence-corrected chi connectivity index (χ1v) is 9.86. The molecular weight excluding hydrogens is 451 g/mol. The van der Waals surface area contributed by atoms with Gasteiger partial charge in [-0.2, -0.15) is 28.1 Å². The number of alkyl halides is 3. The zero-order valence-corrected chi connectivity index (χ0v) is 18.2. The van der Waals surface area contributed by atoms with Crippen LogP contribution in [0.5, 0.6) is 0 Å². The number of aliphatic imine (C=N–C) groups is 2. The lowest BCUT2D eigenvalue weighted by Gasteiger charge is -2.18. The molecule has 9 nitrogen and oxygen atoms in total. The van der Waals surface area contributed by atoms with E-state index in [0.717, 1.165) is 5.69 Å². The molecule has 178 valence electrons. The van der Waals surface area contributed by atoms with Gasteiger partial charge in [0, 0.05) is 18.3 Å². The van der Waals surface area contributed by atoms with E-state index in [4.69, 9.17) is 16.0 Å². The van der Waals surface area contributed by atoms with E-state index < -0.39 is 12.8 Å². The summed E-state index contributed by atoms with van der Waals surface area (Å²) in [6, 6.07) is 15.8. The molecule has 3 rings (SSSR count). The Morgan fingerprint density at radius 3 is 2.41 bits per heavy atom. The Kier molecular flexibility index (Phi) is 7.64. The number of amidine groups is 1. The lowest BCUT2D eigenvalue weighted by molar-refractivity contribution is -0.176. The summed E-state index contributed by atoms with van der Waals surface area (Å²) in [7, 11) is 1.78. The molecule has 0 aliphatic carbocycles. The molecule has 2 aromatic carbocycles. The van der Waals surface area contributed by atoms with E-state index in [-0.39, 0.29) is 30.1 Å². The van der Waals surface area contributed by atoms with Crippen LogP contribution in [0, 0.1) is 0 Å². The van der Waals surface area contributed by atoms with Crippen molar-refractivity contribution in [2.24, 2.45) is 21.5 Å². The van der Waals surface area contributed by atoms with Crippen molar-refractivity contribution >= 4 is 17.5 Å². The van der Waals surface area contributed by atoms with Crippen molar-refractivity contribution in [2.45, 2.75) is 12.8 Å². The first kappa shape index (κ1) is 24.5. The fourth-order valence-electron chi connectivity index (χ4n) is 2.68. The van der Waals surface area contributed by atoms with E-state index in [2.05, 4.69) is 31.4 Å². The molecule has 12 heteroatoms. The molecule has 0 unspecified atom stereocenters. The number of rotatable bonds is 8. The van der Waals surface area contributed by atoms with Crippen molar-refractivity contribution in [3.63, 3.8) is 0 Å². The van der Waals surface area contributed by atoms with Gasteiger partial charge in [-0.3, -0.25) is 0 Å². The average molecular weight is 473 g/mol. The van der Waals surface area contributed by atoms with Gasteiger partial charge >= 0.3 is 6.18 Å². The maximum absolute atomic E-state index is 12.2. The zero-order chi connectivity index (χ0) is 24.7. The SMILES string of the molecule is C=C(/N=C(N)\N=C(/N)c1noc(-c2ccc(COCC(F)(F)F)cc2)n1)N(C)c1ccccc1. The summed E-state index contributed by atoms with van der Waals surface area (Å²) in [6.07, 6.45) is -4.37. The molecule has 0 fully saturated rings. The molecule has 0 amide bonds. The third-order valence-electron chi connectivity index (χ3n) is 4.40.